The number of allylic oxidation sites excluding steroid dienone is 2. The van der Waals surface area contributed by atoms with Gasteiger partial charge in [0.25, 0.3) is 0 Å². The zero-order chi connectivity index (χ0) is 24.3. The first-order valence-electron chi connectivity index (χ1n) is 9.74. The summed E-state index contributed by atoms with van der Waals surface area (Å²) in [5.74, 6) is -20.5. The smallest absolute Gasteiger partial charge is 0.383 e. The van der Waals surface area contributed by atoms with Crippen LogP contribution in [0.1, 0.15) is 18.1 Å². The first-order valence-corrected chi connectivity index (χ1v) is 9.74. The molecule has 0 radical (unpaired) electrons. The maximum Gasteiger partial charge on any atom is 0.383 e. The van der Waals surface area contributed by atoms with Gasteiger partial charge >= 0.3 is 17.8 Å². The maximum atomic E-state index is 14.7. The van der Waals surface area contributed by atoms with Crippen LogP contribution in [0.15, 0.2) is 46.6 Å². The summed E-state index contributed by atoms with van der Waals surface area (Å²) in [5, 5.41) is -0.319. The van der Waals surface area contributed by atoms with Crippen molar-refractivity contribution in [2.24, 2.45) is 0 Å². The van der Waals surface area contributed by atoms with E-state index in [0.29, 0.717) is 6.42 Å². The molecule has 0 unspecified atom stereocenters. The Labute approximate surface area is 183 Å². The van der Waals surface area contributed by atoms with E-state index in [1.54, 1.807) is 12.1 Å². The number of rotatable bonds is 5. The molecule has 0 spiro atoms. The summed E-state index contributed by atoms with van der Waals surface area (Å²) in [5.41, 5.74) is -2.25. The monoisotopic (exact) mass is 474 g/mol. The number of halogens is 7. The number of ether oxygens (including phenoxy) is 2. The largest absolute Gasteiger partial charge is 0.493 e. The van der Waals surface area contributed by atoms with Crippen LogP contribution in [0.25, 0.3) is 27.9 Å². The summed E-state index contributed by atoms with van der Waals surface area (Å²) in [4.78, 5) is 0. The van der Waals surface area contributed by atoms with Crippen LogP contribution in [0.4, 0.5) is 30.7 Å². The van der Waals surface area contributed by atoms with Crippen molar-refractivity contribution in [1.29, 1.82) is 0 Å². The second-order valence-corrected chi connectivity index (χ2v) is 7.47. The highest BCUT2D eigenvalue weighted by Gasteiger charge is 2.81. The average molecular weight is 474 g/mol. The van der Waals surface area contributed by atoms with Crippen LogP contribution in [0, 0.1) is 0 Å². The topological polar surface area (TPSA) is 31.6 Å². The first kappa shape index (κ1) is 23.0. The van der Waals surface area contributed by atoms with Crippen molar-refractivity contribution < 1.29 is 44.6 Å². The lowest BCUT2D eigenvalue weighted by atomic mass is 9.94. The van der Waals surface area contributed by atoms with Crippen molar-refractivity contribution in [1.82, 2.24) is 0 Å². The molecule has 0 atom stereocenters. The zero-order valence-corrected chi connectivity index (χ0v) is 17.5. The summed E-state index contributed by atoms with van der Waals surface area (Å²) in [7, 11) is 2.51. The standard InChI is InChI=1S/C23H17F7O3/c1-4-11-5-7-12(8-6-11)19-17(13-9-15(31-2)16(32-3)10-14(13)33-19)18-20(24)22(27,28)23(29,30)21(18,25)26/h5-10H,4H2,1-3H3. The number of fused-ring (bicyclic) bond motifs is 1. The summed E-state index contributed by atoms with van der Waals surface area (Å²) < 4.78 is 116. The molecule has 2 aromatic carbocycles. The van der Waals surface area contributed by atoms with Crippen molar-refractivity contribution >= 4 is 16.5 Å². The quantitative estimate of drug-likeness (QED) is 0.364. The van der Waals surface area contributed by atoms with E-state index in [2.05, 4.69) is 0 Å². The number of hydrogen-bond donors (Lipinski definition) is 0. The number of hydrogen-bond acceptors (Lipinski definition) is 3. The van der Waals surface area contributed by atoms with E-state index in [-0.39, 0.29) is 28.0 Å². The zero-order valence-electron chi connectivity index (χ0n) is 17.5. The predicted molar refractivity (Wildman–Crippen MR) is 107 cm³/mol. The molecule has 0 N–H and O–H groups in total. The fraction of sp³-hybridized carbons (Fsp3) is 0.304. The molecule has 1 aliphatic rings. The van der Waals surface area contributed by atoms with Crippen molar-refractivity contribution in [3.8, 4) is 22.8 Å². The van der Waals surface area contributed by atoms with Crippen molar-refractivity contribution in [3.63, 3.8) is 0 Å². The molecule has 0 bridgehead atoms. The molecule has 3 nitrogen and oxygen atoms in total. The van der Waals surface area contributed by atoms with E-state index >= 15 is 0 Å². The van der Waals surface area contributed by atoms with Gasteiger partial charge < -0.3 is 13.9 Å². The van der Waals surface area contributed by atoms with E-state index in [1.807, 2.05) is 6.92 Å². The van der Waals surface area contributed by atoms with Crippen LogP contribution in [-0.2, 0) is 6.42 Å². The minimum atomic E-state index is -5.98. The van der Waals surface area contributed by atoms with E-state index in [0.717, 1.165) is 11.6 Å². The number of benzene rings is 2. The van der Waals surface area contributed by atoms with Gasteiger partial charge in [-0.2, -0.15) is 26.3 Å². The maximum absolute atomic E-state index is 14.7. The molecule has 0 amide bonds. The van der Waals surface area contributed by atoms with Crippen LogP contribution >= 0.6 is 0 Å². The molecule has 33 heavy (non-hydrogen) atoms. The molecular formula is C23H17F7O3. The summed E-state index contributed by atoms with van der Waals surface area (Å²) in [6.07, 6.45) is 0.637. The minimum absolute atomic E-state index is 0.0271. The van der Waals surface area contributed by atoms with E-state index in [4.69, 9.17) is 13.9 Å². The lowest BCUT2D eigenvalue weighted by Gasteiger charge is -2.24. The van der Waals surface area contributed by atoms with Gasteiger partial charge in [0.15, 0.2) is 17.3 Å². The average Bonchev–Trinajstić information content (AvgIpc) is 3.18. The Morgan fingerprint density at radius 3 is 1.91 bits per heavy atom. The molecule has 0 fully saturated rings. The third-order valence-electron chi connectivity index (χ3n) is 5.67. The summed E-state index contributed by atoms with van der Waals surface area (Å²) in [6, 6.07) is 8.42. The van der Waals surface area contributed by atoms with Crippen LogP contribution in [0.2, 0.25) is 0 Å². The van der Waals surface area contributed by atoms with Gasteiger partial charge in [0.1, 0.15) is 11.3 Å². The lowest BCUT2D eigenvalue weighted by molar-refractivity contribution is -0.263. The Morgan fingerprint density at radius 2 is 1.42 bits per heavy atom. The second kappa shape index (κ2) is 7.43. The van der Waals surface area contributed by atoms with E-state index in [9.17, 15) is 30.7 Å². The Morgan fingerprint density at radius 1 is 0.848 bits per heavy atom. The van der Waals surface area contributed by atoms with Crippen molar-refractivity contribution in [2.75, 3.05) is 14.2 Å². The Kier molecular flexibility index (Phi) is 5.18. The Balaban J connectivity index is 2.12. The molecule has 10 heteroatoms. The summed E-state index contributed by atoms with van der Waals surface area (Å²) in [6.45, 7) is 1.86. The van der Waals surface area contributed by atoms with Crippen LogP contribution in [-0.4, -0.2) is 32.0 Å². The van der Waals surface area contributed by atoms with Gasteiger partial charge in [0.2, 0.25) is 0 Å². The van der Waals surface area contributed by atoms with Gasteiger partial charge in [-0.05, 0) is 18.1 Å². The fourth-order valence-corrected chi connectivity index (χ4v) is 3.82. The van der Waals surface area contributed by atoms with Crippen molar-refractivity contribution in [3.05, 3.63) is 53.4 Å². The highest BCUT2D eigenvalue weighted by atomic mass is 19.3. The molecule has 1 aliphatic carbocycles. The van der Waals surface area contributed by atoms with Crippen molar-refractivity contribution in [2.45, 2.75) is 31.1 Å². The third kappa shape index (κ3) is 3.02. The minimum Gasteiger partial charge on any atom is -0.493 e. The molecule has 0 aliphatic heterocycles. The highest BCUT2D eigenvalue weighted by Crippen LogP contribution is 2.64. The van der Waals surface area contributed by atoms with Gasteiger partial charge in [-0.25, -0.2) is 4.39 Å². The SMILES string of the molecule is CCc1ccc(-c2oc3cc(OC)c(OC)cc3c2C2=C(F)C(F)(F)C(F)(F)C2(F)F)cc1. The fourth-order valence-electron chi connectivity index (χ4n) is 3.82. The van der Waals surface area contributed by atoms with Crippen LogP contribution < -0.4 is 9.47 Å². The third-order valence-corrected chi connectivity index (χ3v) is 5.67. The molecule has 0 saturated carbocycles. The van der Waals surface area contributed by atoms with Gasteiger partial charge in [-0.15, -0.1) is 0 Å². The van der Waals surface area contributed by atoms with Gasteiger partial charge in [0.05, 0.1) is 19.8 Å². The Hall–Kier alpha value is -3.17. The molecule has 3 aromatic rings. The van der Waals surface area contributed by atoms with Crippen LogP contribution in [0.3, 0.4) is 0 Å². The molecule has 1 heterocycles. The number of methoxy groups -OCH3 is 2. The molecular weight excluding hydrogens is 457 g/mol. The number of furan rings is 1. The number of aryl methyl sites for hydroxylation is 1. The first-order chi connectivity index (χ1) is 15.4. The molecule has 4 rings (SSSR count). The summed E-state index contributed by atoms with van der Waals surface area (Å²) >= 11 is 0. The van der Waals surface area contributed by atoms with Crippen LogP contribution in [0.5, 0.6) is 11.5 Å². The predicted octanol–water partition coefficient (Wildman–Crippen LogP) is 7.28. The Bertz CT molecular complexity index is 1260. The second-order valence-electron chi connectivity index (χ2n) is 7.47. The molecule has 0 saturated heterocycles. The molecule has 1 aromatic heterocycles. The lowest BCUT2D eigenvalue weighted by Crippen LogP contribution is -2.48. The number of alkyl halides is 6. The van der Waals surface area contributed by atoms with Gasteiger partial charge in [-0.3, -0.25) is 0 Å². The van der Waals surface area contributed by atoms with Gasteiger partial charge in [-0.1, -0.05) is 31.2 Å². The van der Waals surface area contributed by atoms with E-state index in [1.165, 1.54) is 32.4 Å². The van der Waals surface area contributed by atoms with E-state index < -0.39 is 40.5 Å². The highest BCUT2D eigenvalue weighted by molar-refractivity contribution is 6.02. The van der Waals surface area contributed by atoms with Gasteiger partial charge in [0, 0.05) is 22.6 Å². The normalized spacial score (nSPS) is 18.7. The molecule has 176 valence electrons.